The van der Waals surface area contributed by atoms with Gasteiger partial charge in [-0.3, -0.25) is 0 Å². The molecule has 1 aromatic rings. The van der Waals surface area contributed by atoms with Crippen LogP contribution >= 0.6 is 15.9 Å². The average Bonchev–Trinajstić information content (AvgIpc) is 2.78. The monoisotopic (exact) mass is 505 g/mol. The maximum Gasteiger partial charge on any atom is 0.492 e. The molecule has 1 aliphatic heterocycles. The maximum atomic E-state index is 13.3. The number of rotatable bonds is 4. The van der Waals surface area contributed by atoms with Crippen LogP contribution in [0.5, 0.6) is 0 Å². The molecule has 1 fully saturated rings. The molecule has 0 aromatic heterocycles. The van der Waals surface area contributed by atoms with Gasteiger partial charge in [-0.05, 0) is 71.6 Å². The number of alkyl halides is 3. The number of amides is 1. The molecule has 31 heavy (non-hydrogen) atoms. The van der Waals surface area contributed by atoms with Gasteiger partial charge >= 0.3 is 19.4 Å². The van der Waals surface area contributed by atoms with E-state index >= 15 is 0 Å². The van der Waals surface area contributed by atoms with Gasteiger partial charge in [-0.15, -0.1) is 0 Å². The average molecular weight is 506 g/mol. The molecule has 1 heterocycles. The van der Waals surface area contributed by atoms with Gasteiger partial charge in [-0.25, -0.2) is 4.79 Å². The summed E-state index contributed by atoms with van der Waals surface area (Å²) in [5.74, 6) is 0. The van der Waals surface area contributed by atoms with Gasteiger partial charge in [0.1, 0.15) is 5.60 Å². The van der Waals surface area contributed by atoms with Crippen molar-refractivity contribution in [1.29, 1.82) is 0 Å². The topological polar surface area (TPSA) is 56.8 Å². The zero-order valence-corrected chi connectivity index (χ0v) is 20.3. The van der Waals surface area contributed by atoms with Crippen molar-refractivity contribution in [3.63, 3.8) is 0 Å². The van der Waals surface area contributed by atoms with Crippen LogP contribution in [0, 0.1) is 0 Å². The lowest BCUT2D eigenvalue weighted by atomic mass is 9.77. The highest BCUT2D eigenvalue weighted by Crippen LogP contribution is 2.39. The first-order chi connectivity index (χ1) is 13.9. The summed E-state index contributed by atoms with van der Waals surface area (Å²) in [5.41, 5.74) is -2.04. The van der Waals surface area contributed by atoms with E-state index in [2.05, 4.69) is 21.2 Å². The first-order valence-corrected chi connectivity index (χ1v) is 10.6. The number of carbonyl (C=O) groups is 1. The molecule has 1 amide bonds. The number of halogens is 4. The third-order valence-electron chi connectivity index (χ3n) is 5.04. The van der Waals surface area contributed by atoms with E-state index in [9.17, 15) is 18.0 Å². The number of hydrogen-bond donors (Lipinski definition) is 1. The first kappa shape index (κ1) is 25.7. The highest BCUT2D eigenvalue weighted by atomic mass is 79.9. The number of ether oxygens (including phenoxy) is 1. The Morgan fingerprint density at radius 1 is 1.16 bits per heavy atom. The number of carbonyl (C=O) groups excluding carboxylic acids is 1. The highest BCUT2D eigenvalue weighted by molar-refractivity contribution is 9.10. The molecule has 10 heteroatoms. The van der Waals surface area contributed by atoms with E-state index in [4.69, 9.17) is 14.0 Å². The second kappa shape index (κ2) is 8.79. The summed E-state index contributed by atoms with van der Waals surface area (Å²) >= 11 is 2.94. The summed E-state index contributed by atoms with van der Waals surface area (Å²) in [5, 5.41) is 2.63. The van der Waals surface area contributed by atoms with Gasteiger partial charge in [0.25, 0.3) is 0 Å². The predicted molar refractivity (Wildman–Crippen MR) is 117 cm³/mol. The van der Waals surface area contributed by atoms with E-state index in [1.165, 1.54) is 18.2 Å². The van der Waals surface area contributed by atoms with E-state index in [1.807, 2.05) is 27.7 Å². The molecule has 1 aliphatic rings. The van der Waals surface area contributed by atoms with Crippen molar-refractivity contribution >= 4 is 35.2 Å². The van der Waals surface area contributed by atoms with Crippen molar-refractivity contribution in [2.24, 2.45) is 0 Å². The summed E-state index contributed by atoms with van der Waals surface area (Å²) in [6.07, 6.45) is -3.63. The van der Waals surface area contributed by atoms with Gasteiger partial charge in [0.15, 0.2) is 0 Å². The zero-order chi connectivity index (χ0) is 23.8. The number of nitrogens with one attached hydrogen (secondary N) is 1. The number of benzene rings is 1. The molecular formula is C21H28BBrF3NO4. The smallest absolute Gasteiger partial charge is 0.444 e. The van der Waals surface area contributed by atoms with E-state index in [0.717, 1.165) is 6.07 Å². The SMILES string of the molecule is CC(C)(C)OC(=O)NCC(=Cc1ccc(Br)c(C(F)(F)F)c1)B1OC(C)(C)C(C)(C)O1. The zero-order valence-electron chi connectivity index (χ0n) is 18.7. The molecule has 172 valence electrons. The number of alkyl carbamates (subject to hydrolysis) is 1. The Bertz CT molecular complexity index is 847. The molecule has 1 saturated heterocycles. The molecule has 1 N–H and O–H groups in total. The van der Waals surface area contributed by atoms with Crippen molar-refractivity contribution in [3.05, 3.63) is 39.3 Å². The van der Waals surface area contributed by atoms with Crippen molar-refractivity contribution in [2.45, 2.75) is 71.4 Å². The summed E-state index contributed by atoms with van der Waals surface area (Å²) in [4.78, 5) is 12.1. The Morgan fingerprint density at radius 2 is 1.71 bits per heavy atom. The fourth-order valence-electron chi connectivity index (χ4n) is 2.75. The minimum Gasteiger partial charge on any atom is -0.444 e. The minimum atomic E-state index is -4.51. The fraction of sp³-hybridized carbons (Fsp3) is 0.571. The quantitative estimate of drug-likeness (QED) is 0.509. The van der Waals surface area contributed by atoms with Crippen molar-refractivity contribution in [2.75, 3.05) is 6.54 Å². The summed E-state index contributed by atoms with van der Waals surface area (Å²) in [6.45, 7) is 12.7. The predicted octanol–water partition coefficient (Wildman–Crippen LogP) is 6.01. The largest absolute Gasteiger partial charge is 0.492 e. The van der Waals surface area contributed by atoms with Gasteiger partial charge < -0.3 is 19.4 Å². The Balaban J connectivity index is 2.37. The van der Waals surface area contributed by atoms with Crippen LogP contribution in [-0.2, 0) is 20.2 Å². The molecule has 0 spiro atoms. The van der Waals surface area contributed by atoms with Crippen LogP contribution in [0.4, 0.5) is 18.0 Å². The van der Waals surface area contributed by atoms with E-state index in [-0.39, 0.29) is 11.0 Å². The standard InChI is InChI=1S/C21H28BBrF3NO4/c1-18(2,3)29-17(28)27-12-14(22-30-19(4,5)20(6,7)31-22)10-13-8-9-16(23)15(11-13)21(24,25)26/h8-11H,12H2,1-7H3,(H,27,28). The van der Waals surface area contributed by atoms with E-state index in [1.54, 1.807) is 20.8 Å². The maximum absolute atomic E-state index is 13.3. The summed E-state index contributed by atoms with van der Waals surface area (Å²) in [7, 11) is -0.849. The second-order valence-electron chi connectivity index (χ2n) is 9.40. The summed E-state index contributed by atoms with van der Waals surface area (Å²) in [6, 6.07) is 3.90. The van der Waals surface area contributed by atoms with Crippen molar-refractivity contribution in [3.8, 4) is 0 Å². The van der Waals surface area contributed by atoms with E-state index in [0.29, 0.717) is 11.0 Å². The molecule has 1 aromatic carbocycles. The molecule has 0 radical (unpaired) electrons. The lowest BCUT2D eigenvalue weighted by molar-refractivity contribution is -0.138. The van der Waals surface area contributed by atoms with Crippen LogP contribution < -0.4 is 5.32 Å². The number of hydrogen-bond acceptors (Lipinski definition) is 4. The molecule has 0 bridgehead atoms. The molecule has 0 atom stereocenters. The molecule has 0 saturated carbocycles. The second-order valence-corrected chi connectivity index (χ2v) is 10.3. The van der Waals surface area contributed by atoms with Crippen LogP contribution in [0.15, 0.2) is 28.1 Å². The minimum absolute atomic E-state index is 0.0246. The van der Waals surface area contributed by atoms with Gasteiger partial charge in [-0.2, -0.15) is 13.2 Å². The van der Waals surface area contributed by atoms with Gasteiger partial charge in [0, 0.05) is 11.0 Å². The molecular weight excluding hydrogens is 478 g/mol. The highest BCUT2D eigenvalue weighted by Gasteiger charge is 2.52. The van der Waals surface area contributed by atoms with Crippen LogP contribution in [0.2, 0.25) is 0 Å². The van der Waals surface area contributed by atoms with Crippen LogP contribution in [0.25, 0.3) is 6.08 Å². The fourth-order valence-corrected chi connectivity index (χ4v) is 3.22. The summed E-state index contributed by atoms with van der Waals surface area (Å²) < 4.78 is 57.2. The Hall–Kier alpha value is -1.52. The molecule has 0 unspecified atom stereocenters. The van der Waals surface area contributed by atoms with Gasteiger partial charge in [-0.1, -0.05) is 28.1 Å². The molecule has 0 aliphatic carbocycles. The molecule has 2 rings (SSSR count). The lowest BCUT2D eigenvalue weighted by Gasteiger charge is -2.32. The molecule has 5 nitrogen and oxygen atoms in total. The Labute approximate surface area is 190 Å². The third kappa shape index (κ3) is 6.73. The lowest BCUT2D eigenvalue weighted by Crippen LogP contribution is -2.41. The van der Waals surface area contributed by atoms with Crippen LogP contribution in [-0.4, -0.2) is 36.6 Å². The Kier molecular flexibility index (Phi) is 7.30. The van der Waals surface area contributed by atoms with Gasteiger partial charge in [0.05, 0.1) is 16.8 Å². The van der Waals surface area contributed by atoms with E-state index < -0.39 is 41.8 Å². The Morgan fingerprint density at radius 3 is 2.19 bits per heavy atom. The normalized spacial score (nSPS) is 18.8. The van der Waals surface area contributed by atoms with Crippen LogP contribution in [0.1, 0.15) is 59.6 Å². The third-order valence-corrected chi connectivity index (χ3v) is 5.73. The van der Waals surface area contributed by atoms with Gasteiger partial charge in [0.2, 0.25) is 0 Å². The van der Waals surface area contributed by atoms with Crippen molar-refractivity contribution in [1.82, 2.24) is 5.32 Å². The first-order valence-electron chi connectivity index (χ1n) is 9.81. The van der Waals surface area contributed by atoms with Crippen LogP contribution in [0.3, 0.4) is 0 Å². The van der Waals surface area contributed by atoms with Crippen molar-refractivity contribution < 1.29 is 32.0 Å².